The van der Waals surface area contributed by atoms with Gasteiger partial charge in [-0.25, -0.2) is 0 Å². The molecule has 0 saturated heterocycles. The minimum atomic E-state index is 0.562. The molecule has 0 spiro atoms. The minimum Gasteiger partial charge on any atom is -0.492 e. The van der Waals surface area contributed by atoms with Gasteiger partial charge in [-0.3, -0.25) is 0 Å². The summed E-state index contributed by atoms with van der Waals surface area (Å²) >= 11 is 0. The molecule has 1 rings (SSSR count). The van der Waals surface area contributed by atoms with Gasteiger partial charge in [-0.15, -0.1) is 0 Å². The van der Waals surface area contributed by atoms with E-state index in [1.54, 1.807) is 7.11 Å². The van der Waals surface area contributed by atoms with E-state index in [4.69, 9.17) is 9.47 Å². The van der Waals surface area contributed by atoms with E-state index in [2.05, 4.69) is 38.2 Å². The van der Waals surface area contributed by atoms with Crippen molar-refractivity contribution in [3.05, 3.63) is 29.8 Å². The van der Waals surface area contributed by atoms with Crippen LogP contribution in [0.2, 0.25) is 0 Å². The summed E-state index contributed by atoms with van der Waals surface area (Å²) in [5, 5.41) is 3.51. The lowest BCUT2D eigenvalue weighted by Gasteiger charge is -2.15. The normalized spacial score (nSPS) is 12.6. The Morgan fingerprint density at radius 2 is 1.71 bits per heavy atom. The summed E-state index contributed by atoms with van der Waals surface area (Å²) in [5.41, 5.74) is 1.28. The zero-order valence-electron chi connectivity index (χ0n) is 14.0. The molecule has 21 heavy (non-hydrogen) atoms. The third-order valence-electron chi connectivity index (χ3n) is 3.56. The van der Waals surface area contributed by atoms with Gasteiger partial charge in [0, 0.05) is 19.7 Å². The lowest BCUT2D eigenvalue weighted by atomic mass is 10.0. The van der Waals surface area contributed by atoms with Gasteiger partial charge in [0.2, 0.25) is 0 Å². The number of benzene rings is 1. The Balaban J connectivity index is 2.14. The van der Waals surface area contributed by atoms with E-state index in [1.807, 2.05) is 12.1 Å². The Hall–Kier alpha value is -1.06. The molecule has 0 aliphatic rings. The van der Waals surface area contributed by atoms with E-state index in [0.717, 1.165) is 31.2 Å². The number of methoxy groups -OCH3 is 1. The van der Waals surface area contributed by atoms with Crippen LogP contribution in [0.3, 0.4) is 0 Å². The third kappa shape index (κ3) is 8.74. The Morgan fingerprint density at radius 3 is 2.33 bits per heavy atom. The monoisotopic (exact) mass is 293 g/mol. The number of ether oxygens (including phenoxy) is 2. The van der Waals surface area contributed by atoms with Gasteiger partial charge < -0.3 is 14.8 Å². The van der Waals surface area contributed by atoms with Crippen molar-refractivity contribution in [3.8, 4) is 5.75 Å². The lowest BCUT2D eigenvalue weighted by molar-refractivity contribution is 0.202. The number of rotatable bonds is 11. The third-order valence-corrected chi connectivity index (χ3v) is 3.56. The second-order valence-electron chi connectivity index (χ2n) is 6.06. The highest BCUT2D eigenvalue weighted by atomic mass is 16.5. The average Bonchev–Trinajstić information content (AvgIpc) is 2.48. The molecular formula is C18H31NO2. The molecule has 0 amide bonds. The molecule has 1 unspecified atom stereocenters. The van der Waals surface area contributed by atoms with Crippen LogP contribution in [0.4, 0.5) is 0 Å². The van der Waals surface area contributed by atoms with Crippen molar-refractivity contribution >= 4 is 0 Å². The van der Waals surface area contributed by atoms with Gasteiger partial charge in [0.1, 0.15) is 12.4 Å². The van der Waals surface area contributed by atoms with Gasteiger partial charge in [-0.05, 0) is 49.8 Å². The van der Waals surface area contributed by atoms with Crippen molar-refractivity contribution < 1.29 is 9.47 Å². The first-order valence-corrected chi connectivity index (χ1v) is 8.06. The van der Waals surface area contributed by atoms with E-state index in [0.29, 0.717) is 12.6 Å². The molecule has 1 N–H and O–H groups in total. The Bertz CT molecular complexity index is 362. The molecule has 0 aliphatic carbocycles. The average molecular weight is 293 g/mol. The highest BCUT2D eigenvalue weighted by Crippen LogP contribution is 2.12. The molecule has 0 bridgehead atoms. The topological polar surface area (TPSA) is 30.5 Å². The van der Waals surface area contributed by atoms with Crippen molar-refractivity contribution in [1.82, 2.24) is 5.32 Å². The van der Waals surface area contributed by atoms with E-state index in [1.165, 1.54) is 18.4 Å². The van der Waals surface area contributed by atoms with Gasteiger partial charge >= 0.3 is 0 Å². The van der Waals surface area contributed by atoms with Gasteiger partial charge in [0.15, 0.2) is 0 Å². The maximum Gasteiger partial charge on any atom is 0.119 e. The number of hydrogen-bond donors (Lipinski definition) is 1. The summed E-state index contributed by atoms with van der Waals surface area (Å²) < 4.78 is 10.8. The van der Waals surface area contributed by atoms with E-state index >= 15 is 0 Å². The van der Waals surface area contributed by atoms with Crippen LogP contribution in [-0.4, -0.2) is 32.9 Å². The summed E-state index contributed by atoms with van der Waals surface area (Å²) in [7, 11) is 1.73. The van der Waals surface area contributed by atoms with Gasteiger partial charge in [0.25, 0.3) is 0 Å². The summed E-state index contributed by atoms with van der Waals surface area (Å²) in [6.45, 7) is 9.15. The summed E-state index contributed by atoms with van der Waals surface area (Å²) in [5.74, 6) is 1.72. The van der Waals surface area contributed by atoms with E-state index in [-0.39, 0.29) is 0 Å². The van der Waals surface area contributed by atoms with Crippen molar-refractivity contribution in [2.24, 2.45) is 5.92 Å². The zero-order valence-corrected chi connectivity index (χ0v) is 14.0. The van der Waals surface area contributed by atoms with Crippen LogP contribution >= 0.6 is 0 Å². The molecule has 120 valence electrons. The van der Waals surface area contributed by atoms with Crippen molar-refractivity contribution in [1.29, 1.82) is 0 Å². The Labute approximate surface area is 130 Å². The van der Waals surface area contributed by atoms with Crippen LogP contribution in [-0.2, 0) is 11.2 Å². The Kier molecular flexibility index (Phi) is 9.11. The number of nitrogens with one attached hydrogen (secondary N) is 1. The molecule has 3 nitrogen and oxygen atoms in total. The molecule has 0 fully saturated rings. The highest BCUT2D eigenvalue weighted by molar-refractivity contribution is 5.27. The first-order chi connectivity index (χ1) is 10.1. The van der Waals surface area contributed by atoms with Crippen LogP contribution in [0.1, 0.15) is 39.2 Å². The second-order valence-corrected chi connectivity index (χ2v) is 6.06. The fourth-order valence-electron chi connectivity index (χ4n) is 2.13. The lowest BCUT2D eigenvalue weighted by Crippen LogP contribution is -2.30. The van der Waals surface area contributed by atoms with Crippen LogP contribution in [0.5, 0.6) is 5.75 Å². The predicted molar refractivity (Wildman–Crippen MR) is 89.1 cm³/mol. The smallest absolute Gasteiger partial charge is 0.119 e. The molecule has 0 radical (unpaired) electrons. The molecule has 0 aromatic heterocycles. The van der Waals surface area contributed by atoms with E-state index < -0.39 is 0 Å². The molecular weight excluding hydrogens is 262 g/mol. The molecule has 0 aliphatic heterocycles. The SMILES string of the molecule is COCCc1ccc(OCCNC(C)CCC(C)C)cc1. The van der Waals surface area contributed by atoms with Gasteiger partial charge in [0.05, 0.1) is 6.61 Å². The molecule has 1 aromatic carbocycles. The molecule has 0 saturated carbocycles. The zero-order chi connectivity index (χ0) is 15.5. The van der Waals surface area contributed by atoms with Crippen LogP contribution in [0.25, 0.3) is 0 Å². The van der Waals surface area contributed by atoms with Crippen LogP contribution in [0.15, 0.2) is 24.3 Å². The van der Waals surface area contributed by atoms with Crippen LogP contribution < -0.4 is 10.1 Å². The fraction of sp³-hybridized carbons (Fsp3) is 0.667. The largest absolute Gasteiger partial charge is 0.492 e. The van der Waals surface area contributed by atoms with Crippen molar-refractivity contribution in [2.45, 2.75) is 46.1 Å². The maximum atomic E-state index is 5.75. The highest BCUT2D eigenvalue weighted by Gasteiger charge is 2.03. The van der Waals surface area contributed by atoms with Crippen molar-refractivity contribution in [3.63, 3.8) is 0 Å². The standard InChI is InChI=1S/C18H31NO2/c1-15(2)5-6-16(3)19-12-14-21-18-9-7-17(8-10-18)11-13-20-4/h7-10,15-16,19H,5-6,11-14H2,1-4H3. The molecule has 1 atom stereocenters. The summed E-state index contributed by atoms with van der Waals surface area (Å²) in [6.07, 6.45) is 3.45. The van der Waals surface area contributed by atoms with Crippen molar-refractivity contribution in [2.75, 3.05) is 26.9 Å². The van der Waals surface area contributed by atoms with Crippen LogP contribution in [0, 0.1) is 5.92 Å². The predicted octanol–water partition coefficient (Wildman–Crippen LogP) is 3.67. The maximum absolute atomic E-state index is 5.75. The summed E-state index contributed by atoms with van der Waals surface area (Å²) in [4.78, 5) is 0. The molecule has 3 heteroatoms. The van der Waals surface area contributed by atoms with Gasteiger partial charge in [-0.2, -0.15) is 0 Å². The molecule has 0 heterocycles. The van der Waals surface area contributed by atoms with Gasteiger partial charge in [-0.1, -0.05) is 26.0 Å². The number of hydrogen-bond acceptors (Lipinski definition) is 3. The summed E-state index contributed by atoms with van der Waals surface area (Å²) in [6, 6.07) is 8.84. The Morgan fingerprint density at radius 1 is 1.00 bits per heavy atom. The molecule has 1 aromatic rings. The first kappa shape index (κ1) is 18.0. The van der Waals surface area contributed by atoms with E-state index in [9.17, 15) is 0 Å². The second kappa shape index (κ2) is 10.6. The quantitative estimate of drug-likeness (QED) is 0.632. The minimum absolute atomic E-state index is 0.562. The first-order valence-electron chi connectivity index (χ1n) is 8.06. The fourth-order valence-corrected chi connectivity index (χ4v) is 2.13.